The molecule has 0 N–H and O–H groups in total. The van der Waals surface area contributed by atoms with Gasteiger partial charge < -0.3 is 4.90 Å². The number of rotatable bonds is 6. The van der Waals surface area contributed by atoms with E-state index in [1.54, 1.807) is 29.2 Å². The van der Waals surface area contributed by atoms with Crippen LogP contribution in [0.3, 0.4) is 0 Å². The van der Waals surface area contributed by atoms with E-state index in [1.807, 2.05) is 12.1 Å². The van der Waals surface area contributed by atoms with E-state index in [0.29, 0.717) is 47.0 Å². The summed E-state index contributed by atoms with van der Waals surface area (Å²) in [7, 11) is -3.69. The Hall–Kier alpha value is -1.78. The van der Waals surface area contributed by atoms with Crippen LogP contribution < -0.4 is 0 Å². The minimum atomic E-state index is -3.69. The summed E-state index contributed by atoms with van der Waals surface area (Å²) in [6, 6.07) is 10.4. The van der Waals surface area contributed by atoms with E-state index in [0.717, 1.165) is 23.7 Å². The Morgan fingerprint density at radius 2 is 1.81 bits per heavy atom. The van der Waals surface area contributed by atoms with Crippen molar-refractivity contribution in [1.29, 1.82) is 0 Å². The Morgan fingerprint density at radius 1 is 1.03 bits per heavy atom. The monoisotopic (exact) mass is 498 g/mol. The van der Waals surface area contributed by atoms with Crippen molar-refractivity contribution in [2.24, 2.45) is 0 Å². The summed E-state index contributed by atoms with van der Waals surface area (Å²) in [5.41, 5.74) is 2.00. The van der Waals surface area contributed by atoms with E-state index >= 15 is 0 Å². The third-order valence-corrected chi connectivity index (χ3v) is 8.51. The van der Waals surface area contributed by atoms with Crippen molar-refractivity contribution < 1.29 is 13.2 Å². The number of carbonyl (C=O) groups is 1. The maximum absolute atomic E-state index is 13.1. The second-order valence-corrected chi connectivity index (χ2v) is 10.5. The first-order valence-electron chi connectivity index (χ1n) is 9.79. The fraction of sp³-hybridized carbons (Fsp3) is 0.350. The average Bonchev–Trinajstić information content (AvgIpc) is 3.25. The first kappa shape index (κ1) is 22.4. The van der Waals surface area contributed by atoms with Gasteiger partial charge in [-0.05, 0) is 42.7 Å². The summed E-state index contributed by atoms with van der Waals surface area (Å²) in [6.45, 7) is 1.26. The van der Waals surface area contributed by atoms with E-state index in [2.05, 4.69) is 8.75 Å². The number of hydrogen-bond donors (Lipinski definition) is 0. The zero-order valence-electron chi connectivity index (χ0n) is 16.5. The molecule has 31 heavy (non-hydrogen) atoms. The predicted molar refractivity (Wildman–Crippen MR) is 122 cm³/mol. The predicted octanol–water partition coefficient (Wildman–Crippen LogP) is 3.85. The second kappa shape index (κ2) is 9.38. The maximum Gasteiger partial charge on any atom is 0.245 e. The molecule has 3 aromatic rings. The van der Waals surface area contributed by atoms with Gasteiger partial charge in [-0.3, -0.25) is 4.79 Å². The number of aromatic nitrogens is 2. The SMILES string of the molecule is O=C(CCCc1ccc(Cl)c(Cl)c1)N1CCN(S(=O)(=O)c2cccc3nsnc23)CC1. The normalized spacial score (nSPS) is 15.5. The number of fused-ring (bicyclic) bond motifs is 1. The Bertz CT molecular complexity index is 1210. The van der Waals surface area contributed by atoms with E-state index in [1.165, 1.54) is 4.31 Å². The molecule has 1 aromatic heterocycles. The van der Waals surface area contributed by atoms with Gasteiger partial charge >= 0.3 is 0 Å². The number of hydrogen-bond acceptors (Lipinski definition) is 6. The summed E-state index contributed by atoms with van der Waals surface area (Å²) in [5.74, 6) is 0.0305. The maximum atomic E-state index is 13.1. The molecule has 1 saturated heterocycles. The molecule has 0 atom stereocenters. The smallest absolute Gasteiger partial charge is 0.245 e. The van der Waals surface area contributed by atoms with Crippen molar-refractivity contribution in [3.63, 3.8) is 0 Å². The van der Waals surface area contributed by atoms with Crippen LogP contribution >= 0.6 is 34.9 Å². The van der Waals surface area contributed by atoms with Gasteiger partial charge in [0.2, 0.25) is 15.9 Å². The molecule has 4 rings (SSSR count). The zero-order valence-corrected chi connectivity index (χ0v) is 19.6. The second-order valence-electron chi connectivity index (χ2n) is 7.27. The highest BCUT2D eigenvalue weighted by Crippen LogP contribution is 2.26. The summed E-state index contributed by atoms with van der Waals surface area (Å²) in [5, 5.41) is 1.02. The Kier molecular flexibility index (Phi) is 6.78. The topological polar surface area (TPSA) is 83.5 Å². The lowest BCUT2D eigenvalue weighted by Crippen LogP contribution is -2.50. The van der Waals surface area contributed by atoms with Gasteiger partial charge in [-0.2, -0.15) is 13.1 Å². The Labute approximate surface area is 194 Å². The molecule has 1 aliphatic heterocycles. The van der Waals surface area contributed by atoms with Crippen molar-refractivity contribution in [3.05, 3.63) is 52.0 Å². The highest BCUT2D eigenvalue weighted by atomic mass is 35.5. The van der Waals surface area contributed by atoms with Crippen LogP contribution in [0.15, 0.2) is 41.3 Å². The summed E-state index contributed by atoms with van der Waals surface area (Å²) >= 11 is 12.9. The fourth-order valence-electron chi connectivity index (χ4n) is 3.60. The molecular weight excluding hydrogens is 479 g/mol. The number of piperazine rings is 1. The van der Waals surface area contributed by atoms with E-state index in [9.17, 15) is 13.2 Å². The van der Waals surface area contributed by atoms with E-state index in [4.69, 9.17) is 23.2 Å². The van der Waals surface area contributed by atoms with Crippen LogP contribution in [0, 0.1) is 0 Å². The van der Waals surface area contributed by atoms with Gasteiger partial charge in [0.1, 0.15) is 15.9 Å². The lowest BCUT2D eigenvalue weighted by Gasteiger charge is -2.34. The molecule has 1 aliphatic rings. The van der Waals surface area contributed by atoms with Gasteiger partial charge in [-0.15, -0.1) is 0 Å². The molecule has 1 amide bonds. The molecular formula is C20H20Cl2N4O3S2. The fourth-order valence-corrected chi connectivity index (χ4v) is 6.10. The van der Waals surface area contributed by atoms with Crippen molar-refractivity contribution in [2.75, 3.05) is 26.2 Å². The number of sulfonamides is 1. The van der Waals surface area contributed by atoms with Crippen molar-refractivity contribution in [1.82, 2.24) is 18.0 Å². The molecule has 0 saturated carbocycles. The standard InChI is InChI=1S/C20H20Cl2N4O3S2/c21-15-8-7-14(13-16(15)22)3-1-6-19(27)25-9-11-26(12-10-25)31(28,29)18-5-2-4-17-20(18)24-30-23-17/h2,4-5,7-8,13H,1,3,6,9-12H2. The summed E-state index contributed by atoms with van der Waals surface area (Å²) < 4.78 is 35.9. The first-order chi connectivity index (χ1) is 14.9. The number of halogens is 2. The summed E-state index contributed by atoms with van der Waals surface area (Å²) in [6.07, 6.45) is 1.81. The van der Waals surface area contributed by atoms with Gasteiger partial charge in [-0.1, -0.05) is 35.3 Å². The van der Waals surface area contributed by atoms with Crippen molar-refractivity contribution in [2.45, 2.75) is 24.2 Å². The van der Waals surface area contributed by atoms with Gasteiger partial charge in [0.15, 0.2) is 0 Å². The molecule has 0 spiro atoms. The van der Waals surface area contributed by atoms with Crippen LogP contribution in [0.1, 0.15) is 18.4 Å². The number of aryl methyl sites for hydroxylation is 1. The van der Waals surface area contributed by atoms with Crippen LogP contribution in [0.25, 0.3) is 11.0 Å². The average molecular weight is 499 g/mol. The van der Waals surface area contributed by atoms with Crippen molar-refractivity contribution in [3.8, 4) is 0 Å². The number of carbonyl (C=O) groups excluding carboxylic acids is 1. The quantitative estimate of drug-likeness (QED) is 0.515. The van der Waals surface area contributed by atoms with Gasteiger partial charge in [0, 0.05) is 32.6 Å². The molecule has 164 valence electrons. The van der Waals surface area contributed by atoms with Gasteiger partial charge in [0.25, 0.3) is 0 Å². The molecule has 0 unspecified atom stereocenters. The highest BCUT2D eigenvalue weighted by Gasteiger charge is 2.31. The number of nitrogens with zero attached hydrogens (tertiary/aromatic N) is 4. The van der Waals surface area contributed by atoms with Crippen LogP contribution in [0.4, 0.5) is 0 Å². The molecule has 0 aliphatic carbocycles. The van der Waals surface area contributed by atoms with Gasteiger partial charge in [0.05, 0.1) is 21.8 Å². The van der Waals surface area contributed by atoms with E-state index < -0.39 is 10.0 Å². The Morgan fingerprint density at radius 3 is 2.55 bits per heavy atom. The molecule has 7 nitrogen and oxygen atoms in total. The molecule has 11 heteroatoms. The minimum absolute atomic E-state index is 0.0305. The molecule has 1 fully saturated rings. The number of amides is 1. The zero-order chi connectivity index (χ0) is 22.0. The first-order valence-corrected chi connectivity index (χ1v) is 12.7. The Balaban J connectivity index is 1.32. The number of benzene rings is 2. The van der Waals surface area contributed by atoms with Crippen LogP contribution in [0.5, 0.6) is 0 Å². The summed E-state index contributed by atoms with van der Waals surface area (Å²) in [4.78, 5) is 14.5. The van der Waals surface area contributed by atoms with Crippen LogP contribution in [-0.2, 0) is 21.2 Å². The molecule has 2 aromatic carbocycles. The van der Waals surface area contributed by atoms with Crippen LogP contribution in [-0.4, -0.2) is 58.5 Å². The molecule has 2 heterocycles. The lowest BCUT2D eigenvalue weighted by atomic mass is 10.1. The van der Waals surface area contributed by atoms with Crippen molar-refractivity contribution >= 4 is 61.9 Å². The lowest BCUT2D eigenvalue weighted by molar-refractivity contribution is -0.132. The third-order valence-electron chi connectivity index (χ3n) is 5.30. The largest absolute Gasteiger partial charge is 0.340 e. The molecule has 0 bridgehead atoms. The minimum Gasteiger partial charge on any atom is -0.340 e. The van der Waals surface area contributed by atoms with Gasteiger partial charge in [-0.25, -0.2) is 8.42 Å². The third kappa shape index (κ3) is 4.85. The highest BCUT2D eigenvalue weighted by molar-refractivity contribution is 7.89. The van der Waals surface area contributed by atoms with Crippen LogP contribution in [0.2, 0.25) is 10.0 Å². The molecule has 0 radical (unpaired) electrons. The van der Waals surface area contributed by atoms with E-state index in [-0.39, 0.29) is 23.9 Å².